The van der Waals surface area contributed by atoms with Crippen molar-refractivity contribution in [2.45, 2.75) is 129 Å². The zero-order chi connectivity index (χ0) is 34.6. The molecule has 2 fully saturated rings. The molecule has 0 unspecified atom stereocenters. The van der Waals surface area contributed by atoms with E-state index in [1.165, 1.54) is 0 Å². The van der Waals surface area contributed by atoms with Crippen LogP contribution in [0.5, 0.6) is 0 Å². The molecule has 260 valence electrons. The van der Waals surface area contributed by atoms with Gasteiger partial charge in [0, 0.05) is 61.7 Å². The van der Waals surface area contributed by atoms with Gasteiger partial charge in [-0.1, -0.05) is 37.3 Å². The Morgan fingerprint density at radius 2 is 1.79 bits per heavy atom. The summed E-state index contributed by atoms with van der Waals surface area (Å²) < 4.78 is 15.5. The number of nitrogens with one attached hydrogen (secondary N) is 1. The van der Waals surface area contributed by atoms with Gasteiger partial charge >= 0.3 is 6.09 Å². The highest BCUT2D eigenvalue weighted by atomic mass is 35.5. The molecule has 48 heavy (non-hydrogen) atoms. The molecule has 2 N–H and O–H groups in total. The minimum Gasteiger partial charge on any atom is -0.444 e. The number of fused-ring (bicyclic) bond motifs is 4. The van der Waals surface area contributed by atoms with Gasteiger partial charge < -0.3 is 29.4 Å². The van der Waals surface area contributed by atoms with E-state index in [1.54, 1.807) is 18.5 Å². The van der Waals surface area contributed by atoms with Crippen molar-refractivity contribution in [3.05, 3.63) is 35.7 Å². The van der Waals surface area contributed by atoms with E-state index in [1.807, 2.05) is 56.1 Å². The highest BCUT2D eigenvalue weighted by Gasteiger charge is 2.42. The van der Waals surface area contributed by atoms with Gasteiger partial charge in [-0.05, 0) is 72.4 Å². The van der Waals surface area contributed by atoms with Crippen molar-refractivity contribution in [2.75, 3.05) is 11.5 Å². The first-order valence-corrected chi connectivity index (χ1v) is 21.1. The molecule has 2 bridgehead atoms. The van der Waals surface area contributed by atoms with E-state index in [-0.39, 0.29) is 24.2 Å². The minimum atomic E-state index is -1.26. The molecule has 6 rings (SSSR count). The van der Waals surface area contributed by atoms with Crippen LogP contribution < -0.4 is 10.2 Å². The second-order valence-corrected chi connectivity index (χ2v) is 22.4. The first-order valence-electron chi connectivity index (χ1n) is 17.0. The lowest BCUT2D eigenvalue weighted by molar-refractivity contribution is 0.0491. The Morgan fingerprint density at radius 3 is 2.44 bits per heavy atom. The summed E-state index contributed by atoms with van der Waals surface area (Å²) >= 11 is 7.08. The standard InChI is InChI=1S/C35H50ClN7O4Si/c1-34(2,3)47-33(44)38-22-15-23-9-10-24(16-22)43(23)29-17-37-31-26(18-41(32(31)39-29)21-46-13-14-48(6,7)8)25-11-12-28-27(30(25)36)19-42(40-28)20-35(4,5)45/h11-12,17-19,22-24,45H,9-10,13-16,20-21H2,1-8H3,(H,38,44)/t22-,23+,24-. The number of carbonyl (C=O) groups excluding carboxylic acids is 1. The molecule has 4 aromatic rings. The molecule has 0 saturated carbocycles. The molecule has 0 aliphatic carbocycles. The van der Waals surface area contributed by atoms with Crippen LogP contribution in [0.2, 0.25) is 30.7 Å². The van der Waals surface area contributed by atoms with Crippen LogP contribution in [-0.2, 0) is 22.7 Å². The third-order valence-corrected chi connectivity index (χ3v) is 11.1. The number of benzene rings is 1. The Hall–Kier alpha value is -3.19. The van der Waals surface area contributed by atoms with Crippen LogP contribution in [0.3, 0.4) is 0 Å². The predicted molar refractivity (Wildman–Crippen MR) is 193 cm³/mol. The minimum absolute atomic E-state index is 0.0605. The fourth-order valence-electron chi connectivity index (χ4n) is 6.94. The number of carbonyl (C=O) groups is 1. The van der Waals surface area contributed by atoms with Gasteiger partial charge in [0.15, 0.2) is 5.65 Å². The second kappa shape index (κ2) is 12.9. The van der Waals surface area contributed by atoms with Crippen molar-refractivity contribution in [3.63, 3.8) is 0 Å². The molecular formula is C35H50ClN7O4Si. The van der Waals surface area contributed by atoms with Crippen molar-refractivity contribution in [1.29, 1.82) is 0 Å². The van der Waals surface area contributed by atoms with Gasteiger partial charge in [-0.2, -0.15) is 5.10 Å². The van der Waals surface area contributed by atoms with Crippen LogP contribution in [0.15, 0.2) is 30.7 Å². The number of aromatic nitrogens is 5. The maximum absolute atomic E-state index is 12.5. The number of hydrogen-bond acceptors (Lipinski definition) is 8. The van der Waals surface area contributed by atoms with Gasteiger partial charge in [0.2, 0.25) is 0 Å². The second-order valence-electron chi connectivity index (χ2n) is 16.4. The molecule has 0 spiro atoms. The summed E-state index contributed by atoms with van der Waals surface area (Å²) in [4.78, 5) is 25.2. The molecule has 5 heterocycles. The Morgan fingerprint density at radius 1 is 1.08 bits per heavy atom. The highest BCUT2D eigenvalue weighted by Crippen LogP contribution is 2.41. The summed E-state index contributed by atoms with van der Waals surface area (Å²) in [5.74, 6) is 0.841. The maximum atomic E-state index is 12.5. The van der Waals surface area contributed by atoms with Crippen LogP contribution in [-0.4, -0.2) is 79.5 Å². The summed E-state index contributed by atoms with van der Waals surface area (Å²) in [7, 11) is -1.26. The first-order chi connectivity index (χ1) is 22.4. The van der Waals surface area contributed by atoms with Crippen LogP contribution in [0.25, 0.3) is 33.2 Å². The molecule has 3 aromatic heterocycles. The van der Waals surface area contributed by atoms with Crippen molar-refractivity contribution in [3.8, 4) is 11.1 Å². The molecule has 2 saturated heterocycles. The number of aliphatic hydroxyl groups is 1. The number of halogens is 1. The lowest BCUT2D eigenvalue weighted by Gasteiger charge is -2.39. The zero-order valence-corrected chi connectivity index (χ0v) is 31.3. The van der Waals surface area contributed by atoms with E-state index in [2.05, 4.69) is 35.0 Å². The Kier molecular flexibility index (Phi) is 9.33. The molecule has 3 atom stereocenters. The van der Waals surface area contributed by atoms with Crippen molar-refractivity contribution in [1.82, 2.24) is 29.6 Å². The predicted octanol–water partition coefficient (Wildman–Crippen LogP) is 7.21. The number of rotatable bonds is 10. The molecule has 2 aliphatic heterocycles. The molecule has 0 radical (unpaired) electrons. The lowest BCUT2D eigenvalue weighted by atomic mass is 9.97. The molecular weight excluding hydrogens is 646 g/mol. The van der Waals surface area contributed by atoms with Crippen LogP contribution in [0.1, 0.15) is 60.3 Å². The van der Waals surface area contributed by atoms with E-state index in [4.69, 9.17) is 31.0 Å². The number of nitrogens with zero attached hydrogens (tertiary/aromatic N) is 6. The van der Waals surface area contributed by atoms with Crippen molar-refractivity contribution in [2.24, 2.45) is 0 Å². The number of ether oxygens (including phenoxy) is 2. The lowest BCUT2D eigenvalue weighted by Crippen LogP contribution is -2.51. The fraction of sp³-hybridized carbons (Fsp3) is 0.600. The smallest absolute Gasteiger partial charge is 0.407 e. The summed E-state index contributed by atoms with van der Waals surface area (Å²) in [5, 5.41) is 19.5. The largest absolute Gasteiger partial charge is 0.444 e. The summed E-state index contributed by atoms with van der Waals surface area (Å²) in [5.41, 5.74) is 2.55. The molecule has 11 nitrogen and oxygen atoms in total. The Labute approximate surface area is 289 Å². The average molecular weight is 696 g/mol. The quantitative estimate of drug-likeness (QED) is 0.132. The summed E-state index contributed by atoms with van der Waals surface area (Å²) in [6.45, 7) is 17.6. The molecule has 13 heteroatoms. The monoisotopic (exact) mass is 695 g/mol. The highest BCUT2D eigenvalue weighted by molar-refractivity contribution is 6.76. The zero-order valence-electron chi connectivity index (χ0n) is 29.5. The summed E-state index contributed by atoms with van der Waals surface area (Å²) in [6.07, 6.45) is 9.20. The van der Waals surface area contributed by atoms with Crippen LogP contribution in [0, 0.1) is 0 Å². The molecule has 2 aliphatic rings. The van der Waals surface area contributed by atoms with Gasteiger partial charge in [-0.25, -0.2) is 14.8 Å². The third-order valence-electron chi connectivity index (χ3n) is 9.01. The number of amides is 1. The SMILES string of the molecule is CC(C)(O)Cn1cc2c(Cl)c(-c3cn(COCC[Si](C)(C)C)c4nc(N5[C@@H]6CC[C@H]5C[C@@H](NC(=O)OC(C)(C)C)C6)cnc34)ccc2n1. The van der Waals surface area contributed by atoms with E-state index in [9.17, 15) is 9.90 Å². The van der Waals surface area contributed by atoms with Crippen molar-refractivity contribution < 1.29 is 19.4 Å². The number of piperidine rings is 1. The summed E-state index contributed by atoms with van der Waals surface area (Å²) in [6, 6.07) is 5.58. The van der Waals surface area contributed by atoms with E-state index >= 15 is 0 Å². The maximum Gasteiger partial charge on any atom is 0.407 e. The van der Waals surface area contributed by atoms with E-state index < -0.39 is 19.3 Å². The molecule has 1 amide bonds. The van der Waals surface area contributed by atoms with Gasteiger partial charge in [0.1, 0.15) is 23.7 Å². The van der Waals surface area contributed by atoms with Crippen LogP contribution in [0.4, 0.5) is 10.6 Å². The van der Waals surface area contributed by atoms with E-state index in [0.29, 0.717) is 24.9 Å². The van der Waals surface area contributed by atoms with Gasteiger partial charge in [0.25, 0.3) is 0 Å². The van der Waals surface area contributed by atoms with Crippen LogP contribution >= 0.6 is 11.6 Å². The number of hydrogen-bond donors (Lipinski definition) is 2. The van der Waals surface area contributed by atoms with Gasteiger partial charge in [0.05, 0.1) is 28.9 Å². The first kappa shape index (κ1) is 34.7. The van der Waals surface area contributed by atoms with E-state index in [0.717, 1.165) is 70.7 Å². The number of anilines is 1. The molecule has 1 aromatic carbocycles. The van der Waals surface area contributed by atoms with Gasteiger partial charge in [-0.3, -0.25) is 4.68 Å². The van der Waals surface area contributed by atoms with Gasteiger partial charge in [-0.15, -0.1) is 0 Å². The topological polar surface area (TPSA) is 120 Å². The average Bonchev–Trinajstić information content (AvgIpc) is 3.60. The van der Waals surface area contributed by atoms with Crippen molar-refractivity contribution >= 4 is 53.7 Å². The Balaban J connectivity index is 1.31. The third kappa shape index (κ3) is 7.82. The normalized spacial score (nSPS) is 20.2. The Bertz CT molecular complexity index is 1790. The fourth-order valence-corrected chi connectivity index (χ4v) is 8.00. The number of alkyl carbamates (subject to hydrolysis) is 1.